The average molecular weight is 415 g/mol. The second kappa shape index (κ2) is 8.26. The van der Waals surface area contributed by atoms with Crippen LogP contribution in [0.25, 0.3) is 0 Å². The fourth-order valence-corrected chi connectivity index (χ4v) is 4.24. The first-order chi connectivity index (χ1) is 15.2. The van der Waals surface area contributed by atoms with Crippen LogP contribution in [-0.2, 0) is 11.2 Å². The van der Waals surface area contributed by atoms with Crippen LogP contribution in [0.2, 0.25) is 0 Å². The molecule has 3 N–H and O–H groups in total. The lowest BCUT2D eigenvalue weighted by Gasteiger charge is -2.35. The minimum absolute atomic E-state index is 0.0694. The number of carbonyl (C=O) groups excluding carboxylic acids is 2. The maximum atomic E-state index is 12.8. The standard InChI is InChI=1S/C24H25N5O2/c30-23(17-5-6-17)26-18-8-10-19(11-9-18)27-24(31)28-22-20-4-2-1-3-16(20)7-12-21(22)29-14-13-25-15-29/h1-4,8-11,13-15,17,21-22H,5-7,12H2,(H,26,30)(H2,27,28,31). The zero-order valence-corrected chi connectivity index (χ0v) is 17.1. The van der Waals surface area contributed by atoms with Crippen LogP contribution < -0.4 is 16.0 Å². The van der Waals surface area contributed by atoms with E-state index in [9.17, 15) is 9.59 Å². The predicted octanol–water partition coefficient (Wildman–Crippen LogP) is 4.28. The van der Waals surface area contributed by atoms with Crippen LogP contribution in [0.15, 0.2) is 67.3 Å². The van der Waals surface area contributed by atoms with Gasteiger partial charge in [0.1, 0.15) is 0 Å². The van der Waals surface area contributed by atoms with Gasteiger partial charge in [0.2, 0.25) is 5.91 Å². The molecule has 31 heavy (non-hydrogen) atoms. The van der Waals surface area contributed by atoms with Crippen molar-refractivity contribution in [3.05, 3.63) is 78.4 Å². The molecule has 158 valence electrons. The highest BCUT2D eigenvalue weighted by molar-refractivity contribution is 5.94. The van der Waals surface area contributed by atoms with Crippen LogP contribution in [0.5, 0.6) is 0 Å². The third-order valence-electron chi connectivity index (χ3n) is 6.04. The number of carbonyl (C=O) groups is 2. The highest BCUT2D eigenvalue weighted by Crippen LogP contribution is 2.37. The summed E-state index contributed by atoms with van der Waals surface area (Å²) < 4.78 is 2.07. The van der Waals surface area contributed by atoms with Gasteiger partial charge in [0, 0.05) is 29.7 Å². The SMILES string of the molecule is O=C(Nc1ccc(NC(=O)C2CC2)cc1)NC1c2ccccc2CCC1n1ccnc1. The quantitative estimate of drug-likeness (QED) is 0.581. The van der Waals surface area contributed by atoms with Gasteiger partial charge in [0.25, 0.3) is 0 Å². The number of benzene rings is 2. The molecule has 5 rings (SSSR count). The molecule has 3 amide bonds. The minimum Gasteiger partial charge on any atom is -0.332 e. The van der Waals surface area contributed by atoms with Crippen molar-refractivity contribution in [2.75, 3.05) is 10.6 Å². The Morgan fingerprint density at radius 2 is 1.68 bits per heavy atom. The first kappa shape index (κ1) is 19.4. The highest BCUT2D eigenvalue weighted by atomic mass is 16.2. The summed E-state index contributed by atoms with van der Waals surface area (Å²) in [4.78, 5) is 28.9. The molecule has 0 radical (unpaired) electrons. The summed E-state index contributed by atoms with van der Waals surface area (Å²) in [6.45, 7) is 0. The number of imidazole rings is 1. The first-order valence-electron chi connectivity index (χ1n) is 10.7. The van der Waals surface area contributed by atoms with E-state index >= 15 is 0 Å². The molecule has 1 fully saturated rings. The number of nitrogens with one attached hydrogen (secondary N) is 3. The van der Waals surface area contributed by atoms with Gasteiger partial charge in [0.05, 0.1) is 18.4 Å². The molecule has 0 bridgehead atoms. The molecule has 0 aliphatic heterocycles. The molecular formula is C24H25N5O2. The minimum atomic E-state index is -0.262. The van der Waals surface area contributed by atoms with Crippen LogP contribution in [0.4, 0.5) is 16.2 Å². The molecule has 2 unspecified atom stereocenters. The molecule has 1 heterocycles. The number of rotatable bonds is 5. The molecule has 3 aromatic rings. The van der Waals surface area contributed by atoms with Crippen LogP contribution in [0, 0.1) is 5.92 Å². The van der Waals surface area contributed by atoms with E-state index in [2.05, 4.69) is 37.6 Å². The van der Waals surface area contributed by atoms with Gasteiger partial charge in [-0.2, -0.15) is 0 Å². The molecular weight excluding hydrogens is 390 g/mol. The summed E-state index contributed by atoms with van der Waals surface area (Å²) in [7, 11) is 0. The number of urea groups is 1. The fourth-order valence-electron chi connectivity index (χ4n) is 4.24. The number of anilines is 2. The topological polar surface area (TPSA) is 88.0 Å². The maximum absolute atomic E-state index is 12.8. The molecule has 2 aliphatic rings. The van der Waals surface area contributed by atoms with E-state index in [1.807, 2.05) is 18.3 Å². The Kier molecular flexibility index (Phi) is 5.16. The van der Waals surface area contributed by atoms with E-state index in [1.54, 1.807) is 36.8 Å². The third kappa shape index (κ3) is 4.30. The van der Waals surface area contributed by atoms with Crippen molar-refractivity contribution < 1.29 is 9.59 Å². The number of hydrogen-bond acceptors (Lipinski definition) is 3. The summed E-state index contributed by atoms with van der Waals surface area (Å²) in [5.41, 5.74) is 3.81. The predicted molar refractivity (Wildman–Crippen MR) is 119 cm³/mol. The molecule has 2 aliphatic carbocycles. The number of aryl methyl sites for hydroxylation is 1. The third-order valence-corrected chi connectivity index (χ3v) is 6.04. The second-order valence-corrected chi connectivity index (χ2v) is 8.23. The number of hydrogen-bond donors (Lipinski definition) is 3. The number of fused-ring (bicyclic) bond motifs is 1. The van der Waals surface area contributed by atoms with Gasteiger partial charge < -0.3 is 20.5 Å². The normalized spacial score (nSPS) is 19.9. The molecule has 7 nitrogen and oxygen atoms in total. The Bertz CT molecular complexity index is 1070. The lowest BCUT2D eigenvalue weighted by atomic mass is 9.84. The monoisotopic (exact) mass is 415 g/mol. The van der Waals surface area contributed by atoms with Crippen molar-refractivity contribution >= 4 is 23.3 Å². The van der Waals surface area contributed by atoms with Crippen LogP contribution >= 0.6 is 0 Å². The summed E-state index contributed by atoms with van der Waals surface area (Å²) in [5.74, 6) is 0.227. The largest absolute Gasteiger partial charge is 0.332 e. The maximum Gasteiger partial charge on any atom is 0.319 e. The smallest absolute Gasteiger partial charge is 0.319 e. The molecule has 2 aromatic carbocycles. The Morgan fingerprint density at radius 1 is 0.935 bits per heavy atom. The van der Waals surface area contributed by atoms with Gasteiger partial charge >= 0.3 is 6.03 Å². The lowest BCUT2D eigenvalue weighted by molar-refractivity contribution is -0.117. The number of amides is 3. The lowest BCUT2D eigenvalue weighted by Crippen LogP contribution is -2.39. The molecule has 0 spiro atoms. The first-order valence-corrected chi connectivity index (χ1v) is 10.7. The van der Waals surface area contributed by atoms with Gasteiger partial charge in [-0.05, 0) is 61.1 Å². The zero-order valence-electron chi connectivity index (χ0n) is 17.1. The van der Waals surface area contributed by atoms with Crippen molar-refractivity contribution in [2.45, 2.75) is 37.8 Å². The Hall–Kier alpha value is -3.61. The second-order valence-electron chi connectivity index (χ2n) is 8.23. The van der Waals surface area contributed by atoms with E-state index in [-0.39, 0.29) is 29.9 Å². The summed E-state index contributed by atoms with van der Waals surface area (Å²) in [6.07, 6.45) is 9.34. The molecule has 7 heteroatoms. The van der Waals surface area contributed by atoms with Crippen molar-refractivity contribution in [1.29, 1.82) is 0 Å². The van der Waals surface area contributed by atoms with Crippen LogP contribution in [-0.4, -0.2) is 21.5 Å². The van der Waals surface area contributed by atoms with Crippen molar-refractivity contribution in [3.63, 3.8) is 0 Å². The molecule has 2 atom stereocenters. The Balaban J connectivity index is 1.28. The Labute approximate surface area is 180 Å². The van der Waals surface area contributed by atoms with E-state index in [1.165, 1.54) is 5.56 Å². The van der Waals surface area contributed by atoms with Gasteiger partial charge in [-0.25, -0.2) is 9.78 Å². The van der Waals surface area contributed by atoms with E-state index in [4.69, 9.17) is 0 Å². The van der Waals surface area contributed by atoms with Gasteiger partial charge in [-0.3, -0.25) is 4.79 Å². The van der Waals surface area contributed by atoms with Gasteiger partial charge in [-0.1, -0.05) is 24.3 Å². The molecule has 1 saturated carbocycles. The Morgan fingerprint density at radius 3 is 2.39 bits per heavy atom. The number of aromatic nitrogens is 2. The fraction of sp³-hybridized carbons (Fsp3) is 0.292. The summed E-state index contributed by atoms with van der Waals surface area (Å²) in [6, 6.07) is 15.1. The summed E-state index contributed by atoms with van der Waals surface area (Å²) in [5, 5.41) is 8.98. The summed E-state index contributed by atoms with van der Waals surface area (Å²) >= 11 is 0. The van der Waals surface area contributed by atoms with E-state index in [0.29, 0.717) is 5.69 Å². The van der Waals surface area contributed by atoms with E-state index < -0.39 is 0 Å². The average Bonchev–Trinajstić information content (AvgIpc) is 3.50. The number of nitrogens with zero attached hydrogens (tertiary/aromatic N) is 2. The molecule has 0 saturated heterocycles. The highest BCUT2D eigenvalue weighted by Gasteiger charge is 2.32. The van der Waals surface area contributed by atoms with Crippen LogP contribution in [0.1, 0.15) is 42.5 Å². The van der Waals surface area contributed by atoms with Crippen molar-refractivity contribution in [1.82, 2.24) is 14.9 Å². The van der Waals surface area contributed by atoms with Gasteiger partial charge in [0.15, 0.2) is 0 Å². The molecule has 1 aromatic heterocycles. The zero-order chi connectivity index (χ0) is 21.2. The van der Waals surface area contributed by atoms with Crippen molar-refractivity contribution in [3.8, 4) is 0 Å². The van der Waals surface area contributed by atoms with Crippen LogP contribution in [0.3, 0.4) is 0 Å². The van der Waals surface area contributed by atoms with Crippen molar-refractivity contribution in [2.24, 2.45) is 5.92 Å². The van der Waals surface area contributed by atoms with E-state index in [0.717, 1.165) is 36.9 Å². The van der Waals surface area contributed by atoms with Gasteiger partial charge in [-0.15, -0.1) is 0 Å².